The molecule has 5 heteroatoms. The van der Waals surface area contributed by atoms with Gasteiger partial charge in [-0.15, -0.1) is 0 Å². The van der Waals surface area contributed by atoms with E-state index in [0.29, 0.717) is 6.54 Å². The molecule has 1 saturated heterocycles. The van der Waals surface area contributed by atoms with Crippen LogP contribution in [-0.2, 0) is 4.79 Å². The van der Waals surface area contributed by atoms with Crippen LogP contribution in [0, 0.1) is 17.2 Å². The van der Waals surface area contributed by atoms with Crippen LogP contribution < -0.4 is 5.32 Å². The van der Waals surface area contributed by atoms with Crippen LogP contribution in [0.15, 0.2) is 0 Å². The molecule has 1 N–H and O–H groups in total. The van der Waals surface area contributed by atoms with Gasteiger partial charge in [-0.3, -0.25) is 10.1 Å². The topological polar surface area (TPSA) is 73.0 Å². The molecule has 2 aliphatic rings. The molecule has 0 aromatic carbocycles. The monoisotopic (exact) mass is 207 g/mol. The SMILES string of the molecule is N#CC1CN1C(=O)NC(=O)C1CCCC1. The molecule has 15 heavy (non-hydrogen) atoms. The first-order valence-corrected chi connectivity index (χ1v) is 5.23. The Kier molecular flexibility index (Phi) is 2.58. The van der Waals surface area contributed by atoms with Gasteiger partial charge in [0.25, 0.3) is 0 Å². The first kappa shape index (κ1) is 9.97. The average molecular weight is 207 g/mol. The van der Waals surface area contributed by atoms with Gasteiger partial charge in [0.15, 0.2) is 0 Å². The first-order valence-electron chi connectivity index (χ1n) is 5.23. The minimum atomic E-state index is -0.418. The van der Waals surface area contributed by atoms with E-state index in [1.165, 1.54) is 4.90 Å². The molecule has 3 amide bonds. The van der Waals surface area contributed by atoms with Crippen molar-refractivity contribution in [3.63, 3.8) is 0 Å². The van der Waals surface area contributed by atoms with Crippen LogP contribution in [0.3, 0.4) is 0 Å². The molecule has 0 bridgehead atoms. The second-order valence-electron chi connectivity index (χ2n) is 4.07. The minimum absolute atomic E-state index is 0.00515. The number of nitriles is 1. The van der Waals surface area contributed by atoms with Gasteiger partial charge in [-0.2, -0.15) is 5.26 Å². The molecule has 0 aromatic rings. The van der Waals surface area contributed by atoms with E-state index in [2.05, 4.69) is 5.32 Å². The summed E-state index contributed by atoms with van der Waals surface area (Å²) in [6, 6.07) is 1.22. The van der Waals surface area contributed by atoms with Crippen molar-refractivity contribution in [1.29, 1.82) is 5.26 Å². The normalized spacial score (nSPS) is 24.7. The second kappa shape index (κ2) is 3.89. The maximum Gasteiger partial charge on any atom is 0.325 e. The standard InChI is InChI=1S/C10H13N3O2/c11-5-8-6-13(8)10(15)12-9(14)7-3-1-2-4-7/h7-8H,1-4,6H2,(H,12,14,15). The summed E-state index contributed by atoms with van der Waals surface area (Å²) in [4.78, 5) is 24.3. The summed E-state index contributed by atoms with van der Waals surface area (Å²) >= 11 is 0. The Morgan fingerprint density at radius 2 is 2.00 bits per heavy atom. The molecule has 0 spiro atoms. The van der Waals surface area contributed by atoms with E-state index in [4.69, 9.17) is 5.26 Å². The molecule has 0 aromatic heterocycles. The van der Waals surface area contributed by atoms with Gasteiger partial charge in [-0.1, -0.05) is 12.8 Å². The highest BCUT2D eigenvalue weighted by Gasteiger charge is 2.39. The number of rotatable bonds is 1. The summed E-state index contributed by atoms with van der Waals surface area (Å²) in [5.74, 6) is -0.185. The van der Waals surface area contributed by atoms with Crippen LogP contribution in [0.25, 0.3) is 0 Å². The zero-order valence-corrected chi connectivity index (χ0v) is 8.40. The van der Waals surface area contributed by atoms with Crippen molar-refractivity contribution in [1.82, 2.24) is 10.2 Å². The molecule has 5 nitrogen and oxygen atoms in total. The number of imide groups is 1. The lowest BCUT2D eigenvalue weighted by Crippen LogP contribution is -2.38. The number of nitrogens with zero attached hydrogens (tertiary/aromatic N) is 2. The molecule has 1 heterocycles. The van der Waals surface area contributed by atoms with Crippen molar-refractivity contribution in [2.75, 3.05) is 6.54 Å². The molecule has 1 aliphatic carbocycles. The largest absolute Gasteiger partial charge is 0.325 e. The van der Waals surface area contributed by atoms with E-state index in [0.717, 1.165) is 25.7 Å². The number of hydrogen-bond donors (Lipinski definition) is 1. The fraction of sp³-hybridized carbons (Fsp3) is 0.700. The van der Waals surface area contributed by atoms with Gasteiger partial charge >= 0.3 is 6.03 Å². The molecule has 1 aliphatic heterocycles. The van der Waals surface area contributed by atoms with Crippen LogP contribution in [0.1, 0.15) is 25.7 Å². The predicted octanol–water partition coefficient (Wildman–Crippen LogP) is 0.621. The molecular weight excluding hydrogens is 194 g/mol. The summed E-state index contributed by atoms with van der Waals surface area (Å²) in [6.45, 7) is 0.445. The Morgan fingerprint density at radius 1 is 1.33 bits per heavy atom. The fourth-order valence-corrected chi connectivity index (χ4v) is 1.94. The maximum absolute atomic E-state index is 11.5. The summed E-state index contributed by atoms with van der Waals surface area (Å²) in [6.07, 6.45) is 3.88. The Balaban J connectivity index is 1.79. The summed E-state index contributed by atoms with van der Waals surface area (Å²) in [7, 11) is 0. The van der Waals surface area contributed by atoms with Crippen LogP contribution >= 0.6 is 0 Å². The molecule has 1 atom stereocenters. The third-order valence-electron chi connectivity index (χ3n) is 2.98. The molecular formula is C10H13N3O2. The lowest BCUT2D eigenvalue weighted by Gasteiger charge is -2.09. The number of urea groups is 1. The molecule has 2 rings (SSSR count). The lowest BCUT2D eigenvalue weighted by atomic mass is 10.1. The number of carbonyl (C=O) groups excluding carboxylic acids is 2. The average Bonchev–Trinajstić information content (AvgIpc) is 2.82. The second-order valence-corrected chi connectivity index (χ2v) is 4.07. The Hall–Kier alpha value is -1.57. The third kappa shape index (κ3) is 2.09. The van der Waals surface area contributed by atoms with Gasteiger partial charge in [0, 0.05) is 5.92 Å². The van der Waals surface area contributed by atoms with Crippen molar-refractivity contribution in [3.8, 4) is 6.07 Å². The maximum atomic E-state index is 11.5. The Labute approximate surface area is 88.0 Å². The van der Waals surface area contributed by atoms with Crippen LogP contribution in [0.2, 0.25) is 0 Å². The van der Waals surface area contributed by atoms with E-state index in [-0.39, 0.29) is 17.9 Å². The zero-order valence-electron chi connectivity index (χ0n) is 8.40. The highest BCUT2D eigenvalue weighted by Crippen LogP contribution is 2.25. The van der Waals surface area contributed by atoms with Crippen molar-refractivity contribution in [2.45, 2.75) is 31.7 Å². The molecule has 1 unspecified atom stereocenters. The number of amides is 3. The summed E-state index contributed by atoms with van der Waals surface area (Å²) in [5.41, 5.74) is 0. The van der Waals surface area contributed by atoms with Crippen LogP contribution in [0.4, 0.5) is 4.79 Å². The van der Waals surface area contributed by atoms with E-state index >= 15 is 0 Å². The van der Waals surface area contributed by atoms with Gasteiger partial charge < -0.3 is 4.90 Å². The van der Waals surface area contributed by atoms with Gasteiger partial charge in [-0.25, -0.2) is 4.79 Å². The van der Waals surface area contributed by atoms with Gasteiger partial charge in [0.2, 0.25) is 5.91 Å². The summed E-state index contributed by atoms with van der Waals surface area (Å²) < 4.78 is 0. The van der Waals surface area contributed by atoms with Crippen molar-refractivity contribution < 1.29 is 9.59 Å². The van der Waals surface area contributed by atoms with E-state index in [9.17, 15) is 9.59 Å². The number of nitrogens with one attached hydrogen (secondary N) is 1. The van der Waals surface area contributed by atoms with Crippen molar-refractivity contribution in [3.05, 3.63) is 0 Å². The quantitative estimate of drug-likeness (QED) is 0.640. The predicted molar refractivity (Wildman–Crippen MR) is 51.6 cm³/mol. The fourth-order valence-electron chi connectivity index (χ4n) is 1.94. The van der Waals surface area contributed by atoms with E-state index < -0.39 is 6.03 Å². The zero-order chi connectivity index (χ0) is 10.8. The molecule has 1 saturated carbocycles. The Bertz CT molecular complexity index is 328. The number of hydrogen-bond acceptors (Lipinski definition) is 3. The third-order valence-corrected chi connectivity index (χ3v) is 2.98. The summed E-state index contributed by atoms with van der Waals surface area (Å²) in [5, 5.41) is 10.9. The van der Waals surface area contributed by atoms with Crippen molar-refractivity contribution in [2.24, 2.45) is 5.92 Å². The van der Waals surface area contributed by atoms with E-state index in [1.54, 1.807) is 0 Å². The molecule has 0 radical (unpaired) electrons. The van der Waals surface area contributed by atoms with Gasteiger partial charge in [-0.05, 0) is 12.8 Å². The Morgan fingerprint density at radius 3 is 2.53 bits per heavy atom. The van der Waals surface area contributed by atoms with Gasteiger partial charge in [0.1, 0.15) is 6.04 Å². The van der Waals surface area contributed by atoms with E-state index in [1.807, 2.05) is 6.07 Å². The first-order chi connectivity index (χ1) is 7.22. The lowest BCUT2D eigenvalue weighted by molar-refractivity contribution is -0.123. The molecule has 2 fully saturated rings. The smallest absolute Gasteiger partial charge is 0.303 e. The molecule has 80 valence electrons. The van der Waals surface area contributed by atoms with Crippen LogP contribution in [0.5, 0.6) is 0 Å². The minimum Gasteiger partial charge on any atom is -0.303 e. The highest BCUT2D eigenvalue weighted by molar-refractivity contribution is 5.96. The van der Waals surface area contributed by atoms with Crippen LogP contribution in [-0.4, -0.2) is 29.4 Å². The highest BCUT2D eigenvalue weighted by atomic mass is 16.2. The number of carbonyl (C=O) groups is 2. The van der Waals surface area contributed by atoms with Crippen molar-refractivity contribution >= 4 is 11.9 Å². The van der Waals surface area contributed by atoms with Gasteiger partial charge in [0.05, 0.1) is 12.6 Å².